The van der Waals surface area contributed by atoms with Gasteiger partial charge in [-0.2, -0.15) is 0 Å². The van der Waals surface area contributed by atoms with Crippen LogP contribution in [-0.2, 0) is 22.4 Å². The SMILES string of the molecule is CCC(Oc1ccc2c(c1)CCC2)C(=O)N1CC(C)OC(C)C1. The third-order valence-corrected chi connectivity index (χ3v) is 4.73. The summed E-state index contributed by atoms with van der Waals surface area (Å²) in [5.41, 5.74) is 2.80. The third kappa shape index (κ3) is 3.69. The molecule has 0 radical (unpaired) electrons. The number of benzene rings is 1. The van der Waals surface area contributed by atoms with Gasteiger partial charge in [-0.1, -0.05) is 13.0 Å². The van der Waals surface area contributed by atoms with Gasteiger partial charge in [-0.3, -0.25) is 4.79 Å². The van der Waals surface area contributed by atoms with Crippen LogP contribution in [0.2, 0.25) is 0 Å². The van der Waals surface area contributed by atoms with E-state index in [-0.39, 0.29) is 18.1 Å². The van der Waals surface area contributed by atoms with Gasteiger partial charge in [0.25, 0.3) is 5.91 Å². The highest BCUT2D eigenvalue weighted by atomic mass is 16.5. The fourth-order valence-corrected chi connectivity index (χ4v) is 3.66. The lowest BCUT2D eigenvalue weighted by atomic mass is 10.1. The van der Waals surface area contributed by atoms with Gasteiger partial charge in [0.2, 0.25) is 0 Å². The van der Waals surface area contributed by atoms with Gasteiger partial charge in [-0.05, 0) is 62.8 Å². The van der Waals surface area contributed by atoms with Crippen molar-refractivity contribution in [2.24, 2.45) is 0 Å². The Hall–Kier alpha value is -1.55. The molecule has 0 aromatic heterocycles. The molecular formula is C19H27NO3. The van der Waals surface area contributed by atoms with E-state index in [0.29, 0.717) is 19.5 Å². The number of nitrogens with zero attached hydrogens (tertiary/aromatic N) is 1. The van der Waals surface area contributed by atoms with Crippen molar-refractivity contribution in [2.75, 3.05) is 13.1 Å². The molecule has 0 bridgehead atoms. The molecule has 1 aliphatic carbocycles. The third-order valence-electron chi connectivity index (χ3n) is 4.73. The number of carbonyl (C=O) groups is 1. The smallest absolute Gasteiger partial charge is 0.263 e. The number of morpholine rings is 1. The molecule has 1 amide bonds. The van der Waals surface area contributed by atoms with Crippen LogP contribution in [0, 0.1) is 0 Å². The first-order valence-corrected chi connectivity index (χ1v) is 8.79. The van der Waals surface area contributed by atoms with Crippen molar-refractivity contribution in [2.45, 2.75) is 64.8 Å². The second-order valence-corrected chi connectivity index (χ2v) is 6.80. The lowest BCUT2D eigenvalue weighted by molar-refractivity contribution is -0.150. The van der Waals surface area contributed by atoms with E-state index in [2.05, 4.69) is 12.1 Å². The second kappa shape index (κ2) is 6.91. The summed E-state index contributed by atoms with van der Waals surface area (Å²) >= 11 is 0. The van der Waals surface area contributed by atoms with Crippen molar-refractivity contribution in [1.29, 1.82) is 0 Å². The molecule has 1 fully saturated rings. The van der Waals surface area contributed by atoms with E-state index in [9.17, 15) is 4.79 Å². The molecule has 0 saturated carbocycles. The highest BCUT2D eigenvalue weighted by molar-refractivity contribution is 5.81. The van der Waals surface area contributed by atoms with E-state index < -0.39 is 6.10 Å². The summed E-state index contributed by atoms with van der Waals surface area (Å²) in [6.07, 6.45) is 3.94. The summed E-state index contributed by atoms with van der Waals surface area (Å²) in [6.45, 7) is 7.32. The van der Waals surface area contributed by atoms with Crippen LogP contribution >= 0.6 is 0 Å². The van der Waals surface area contributed by atoms with Crippen LogP contribution < -0.4 is 4.74 Å². The Morgan fingerprint density at radius 1 is 1.26 bits per heavy atom. The zero-order valence-electron chi connectivity index (χ0n) is 14.4. The first kappa shape index (κ1) is 16.3. The van der Waals surface area contributed by atoms with Gasteiger partial charge in [0.05, 0.1) is 12.2 Å². The standard InChI is InChI=1S/C19H27NO3/c1-4-18(19(21)20-11-13(2)22-14(3)12-20)23-17-9-8-15-6-5-7-16(15)10-17/h8-10,13-14,18H,4-7,11-12H2,1-3H3. The number of carbonyl (C=O) groups excluding carboxylic acids is 1. The first-order valence-electron chi connectivity index (χ1n) is 8.79. The fraction of sp³-hybridized carbons (Fsp3) is 0.632. The maximum absolute atomic E-state index is 12.8. The predicted octanol–water partition coefficient (Wildman–Crippen LogP) is 2.97. The van der Waals surface area contributed by atoms with E-state index in [0.717, 1.165) is 18.6 Å². The van der Waals surface area contributed by atoms with E-state index in [1.165, 1.54) is 17.5 Å². The maximum atomic E-state index is 12.8. The Kier molecular flexibility index (Phi) is 4.90. The van der Waals surface area contributed by atoms with Crippen molar-refractivity contribution in [1.82, 2.24) is 4.90 Å². The molecule has 0 N–H and O–H groups in total. The van der Waals surface area contributed by atoms with E-state index >= 15 is 0 Å². The Morgan fingerprint density at radius 3 is 2.65 bits per heavy atom. The number of hydrogen-bond acceptors (Lipinski definition) is 3. The van der Waals surface area contributed by atoms with E-state index in [1.54, 1.807) is 0 Å². The fourth-order valence-electron chi connectivity index (χ4n) is 3.66. The van der Waals surface area contributed by atoms with Crippen LogP contribution in [0.25, 0.3) is 0 Å². The van der Waals surface area contributed by atoms with Gasteiger partial charge in [-0.25, -0.2) is 0 Å². The molecule has 3 rings (SSSR count). The van der Waals surface area contributed by atoms with Gasteiger partial charge in [0.1, 0.15) is 5.75 Å². The minimum Gasteiger partial charge on any atom is -0.481 e. The molecular weight excluding hydrogens is 290 g/mol. The number of ether oxygens (including phenoxy) is 2. The molecule has 1 aromatic carbocycles. The predicted molar refractivity (Wildman–Crippen MR) is 89.8 cm³/mol. The molecule has 2 aliphatic rings. The summed E-state index contributed by atoms with van der Waals surface area (Å²) in [7, 11) is 0. The summed E-state index contributed by atoms with van der Waals surface area (Å²) in [5.74, 6) is 0.898. The van der Waals surface area contributed by atoms with E-state index in [4.69, 9.17) is 9.47 Å². The highest BCUT2D eigenvalue weighted by Crippen LogP contribution is 2.27. The molecule has 1 saturated heterocycles. The summed E-state index contributed by atoms with van der Waals surface area (Å²) in [5, 5.41) is 0. The molecule has 4 heteroatoms. The lowest BCUT2D eigenvalue weighted by Gasteiger charge is -2.37. The monoisotopic (exact) mass is 317 g/mol. The maximum Gasteiger partial charge on any atom is 0.263 e. The average Bonchev–Trinajstić information content (AvgIpc) is 2.98. The largest absolute Gasteiger partial charge is 0.481 e. The van der Waals surface area contributed by atoms with Gasteiger partial charge in [0, 0.05) is 13.1 Å². The second-order valence-electron chi connectivity index (χ2n) is 6.80. The zero-order chi connectivity index (χ0) is 16.4. The molecule has 1 aromatic rings. The molecule has 1 aliphatic heterocycles. The van der Waals surface area contributed by atoms with Crippen molar-refractivity contribution in [3.63, 3.8) is 0 Å². The molecule has 126 valence electrons. The first-order chi connectivity index (χ1) is 11.1. The van der Waals surface area contributed by atoms with Crippen molar-refractivity contribution < 1.29 is 14.3 Å². The normalized spacial score (nSPS) is 25.1. The summed E-state index contributed by atoms with van der Waals surface area (Å²) in [4.78, 5) is 14.7. The number of aryl methyl sites for hydroxylation is 2. The quantitative estimate of drug-likeness (QED) is 0.857. The van der Waals surface area contributed by atoms with Gasteiger partial charge < -0.3 is 14.4 Å². The zero-order valence-corrected chi connectivity index (χ0v) is 14.4. The van der Waals surface area contributed by atoms with Crippen LogP contribution in [0.4, 0.5) is 0 Å². The Bertz CT molecular complexity index is 562. The Morgan fingerprint density at radius 2 is 1.96 bits per heavy atom. The highest BCUT2D eigenvalue weighted by Gasteiger charge is 2.31. The minimum absolute atomic E-state index is 0.0787. The van der Waals surface area contributed by atoms with Crippen LogP contribution in [0.5, 0.6) is 5.75 Å². The molecule has 3 atom stereocenters. The molecule has 23 heavy (non-hydrogen) atoms. The molecule has 3 unspecified atom stereocenters. The average molecular weight is 317 g/mol. The van der Waals surface area contributed by atoms with Crippen molar-refractivity contribution in [3.05, 3.63) is 29.3 Å². The van der Waals surface area contributed by atoms with Crippen molar-refractivity contribution in [3.8, 4) is 5.75 Å². The Balaban J connectivity index is 1.68. The number of amides is 1. The van der Waals surface area contributed by atoms with Crippen LogP contribution in [0.1, 0.15) is 44.7 Å². The summed E-state index contributed by atoms with van der Waals surface area (Å²) < 4.78 is 11.8. The molecule has 1 heterocycles. The van der Waals surface area contributed by atoms with Gasteiger partial charge in [0.15, 0.2) is 6.10 Å². The number of hydrogen-bond donors (Lipinski definition) is 0. The molecule has 4 nitrogen and oxygen atoms in total. The van der Waals surface area contributed by atoms with Crippen LogP contribution in [0.3, 0.4) is 0 Å². The number of rotatable bonds is 4. The van der Waals surface area contributed by atoms with Gasteiger partial charge in [-0.15, -0.1) is 0 Å². The lowest BCUT2D eigenvalue weighted by Crippen LogP contribution is -2.52. The van der Waals surface area contributed by atoms with Crippen LogP contribution in [0.15, 0.2) is 18.2 Å². The number of fused-ring (bicyclic) bond motifs is 1. The van der Waals surface area contributed by atoms with Crippen molar-refractivity contribution >= 4 is 5.91 Å². The summed E-state index contributed by atoms with van der Waals surface area (Å²) in [6, 6.07) is 6.27. The van der Waals surface area contributed by atoms with Gasteiger partial charge >= 0.3 is 0 Å². The molecule has 0 spiro atoms. The van der Waals surface area contributed by atoms with Crippen LogP contribution in [-0.4, -0.2) is 42.2 Å². The topological polar surface area (TPSA) is 38.8 Å². The van der Waals surface area contributed by atoms with E-state index in [1.807, 2.05) is 31.7 Å². The minimum atomic E-state index is -0.410. The Labute approximate surface area is 138 Å².